The Balaban J connectivity index is 1.77. The van der Waals surface area contributed by atoms with E-state index in [1.165, 1.54) is 20.9 Å². The molecular weight excluding hydrogens is 324 g/mol. The Bertz CT molecular complexity index is 710. The lowest BCUT2D eigenvalue weighted by atomic mass is 9.96. The first-order valence-electron chi connectivity index (χ1n) is 8.19. The zero-order chi connectivity index (χ0) is 15.8. The number of benzene rings is 2. The summed E-state index contributed by atoms with van der Waals surface area (Å²) in [5.74, 6) is 0. The maximum atomic E-state index is 6.56. The van der Waals surface area contributed by atoms with Crippen LogP contribution in [0.2, 0.25) is 5.02 Å². The zero-order valence-electron chi connectivity index (χ0n) is 13.3. The number of halogens is 1. The van der Waals surface area contributed by atoms with E-state index in [0.29, 0.717) is 6.04 Å². The Morgan fingerprint density at radius 2 is 1.78 bits per heavy atom. The zero-order valence-corrected chi connectivity index (χ0v) is 14.9. The molecule has 1 saturated heterocycles. The molecule has 120 valence electrons. The summed E-state index contributed by atoms with van der Waals surface area (Å²) in [4.78, 5) is 7.63. The molecule has 4 rings (SSSR count). The van der Waals surface area contributed by atoms with Crippen molar-refractivity contribution < 1.29 is 0 Å². The largest absolute Gasteiger partial charge is 0.304 e. The van der Waals surface area contributed by atoms with Crippen molar-refractivity contribution in [2.24, 2.45) is 0 Å². The summed E-state index contributed by atoms with van der Waals surface area (Å²) in [6.07, 6.45) is 1.07. The van der Waals surface area contributed by atoms with Gasteiger partial charge in [0.2, 0.25) is 0 Å². The Morgan fingerprint density at radius 3 is 2.61 bits per heavy atom. The van der Waals surface area contributed by atoms with Crippen LogP contribution in [0.25, 0.3) is 0 Å². The van der Waals surface area contributed by atoms with Gasteiger partial charge < -0.3 is 4.90 Å². The number of piperazine rings is 1. The molecule has 0 radical (unpaired) electrons. The summed E-state index contributed by atoms with van der Waals surface area (Å²) >= 11 is 8.39. The van der Waals surface area contributed by atoms with Gasteiger partial charge in [-0.2, -0.15) is 0 Å². The Kier molecular flexibility index (Phi) is 4.37. The first-order chi connectivity index (χ1) is 11.2. The van der Waals surface area contributed by atoms with Gasteiger partial charge in [-0.25, -0.2) is 0 Å². The van der Waals surface area contributed by atoms with Gasteiger partial charge in [-0.1, -0.05) is 53.7 Å². The number of fused-ring (bicyclic) bond motifs is 2. The minimum atomic E-state index is 0.425. The average Bonchev–Trinajstić information content (AvgIpc) is 2.73. The molecule has 2 aliphatic rings. The molecule has 0 aliphatic carbocycles. The van der Waals surface area contributed by atoms with Crippen LogP contribution in [-0.4, -0.2) is 43.0 Å². The van der Waals surface area contributed by atoms with Crippen molar-refractivity contribution in [2.45, 2.75) is 22.3 Å². The quantitative estimate of drug-likeness (QED) is 0.760. The van der Waals surface area contributed by atoms with E-state index in [9.17, 15) is 0 Å². The van der Waals surface area contributed by atoms with E-state index in [0.717, 1.165) is 37.6 Å². The van der Waals surface area contributed by atoms with Crippen molar-refractivity contribution in [3.8, 4) is 0 Å². The first kappa shape index (κ1) is 15.5. The highest BCUT2D eigenvalue weighted by Crippen LogP contribution is 2.45. The van der Waals surface area contributed by atoms with Crippen molar-refractivity contribution in [1.29, 1.82) is 0 Å². The smallest absolute Gasteiger partial charge is 0.0548 e. The van der Waals surface area contributed by atoms with E-state index >= 15 is 0 Å². The standard InChI is InChI=1S/C19H21ClN2S/c1-21-9-11-22(12-10-21)17-13-14-5-2-3-8-18(14)23-19-15(17)6-4-7-16(19)20/h2-8,17H,9-13H2,1H3. The number of hydrogen-bond acceptors (Lipinski definition) is 3. The third-order valence-electron chi connectivity index (χ3n) is 4.93. The molecule has 0 aromatic heterocycles. The Labute approximate surface area is 147 Å². The molecule has 2 aromatic carbocycles. The minimum absolute atomic E-state index is 0.425. The van der Waals surface area contributed by atoms with Gasteiger partial charge in [0.1, 0.15) is 0 Å². The van der Waals surface area contributed by atoms with E-state index in [2.05, 4.69) is 53.2 Å². The second-order valence-electron chi connectivity index (χ2n) is 6.43. The van der Waals surface area contributed by atoms with E-state index in [1.54, 1.807) is 0 Å². The van der Waals surface area contributed by atoms with E-state index in [1.807, 2.05) is 17.8 Å². The van der Waals surface area contributed by atoms with E-state index in [4.69, 9.17) is 11.6 Å². The fourth-order valence-corrected chi connectivity index (χ4v) is 4.99. The summed E-state index contributed by atoms with van der Waals surface area (Å²) in [5, 5.41) is 0.878. The molecule has 1 fully saturated rings. The molecule has 0 saturated carbocycles. The molecule has 0 amide bonds. The lowest BCUT2D eigenvalue weighted by molar-refractivity contribution is 0.110. The molecule has 2 aliphatic heterocycles. The molecule has 1 atom stereocenters. The fraction of sp³-hybridized carbons (Fsp3) is 0.368. The number of hydrogen-bond donors (Lipinski definition) is 0. The predicted molar refractivity (Wildman–Crippen MR) is 97.5 cm³/mol. The highest BCUT2D eigenvalue weighted by molar-refractivity contribution is 7.99. The highest BCUT2D eigenvalue weighted by atomic mass is 35.5. The maximum Gasteiger partial charge on any atom is 0.0548 e. The van der Waals surface area contributed by atoms with Crippen molar-refractivity contribution in [3.05, 3.63) is 58.6 Å². The second kappa shape index (κ2) is 6.48. The van der Waals surface area contributed by atoms with Crippen molar-refractivity contribution >= 4 is 23.4 Å². The van der Waals surface area contributed by atoms with Gasteiger partial charge in [0, 0.05) is 42.0 Å². The molecule has 0 spiro atoms. The van der Waals surface area contributed by atoms with Crippen molar-refractivity contribution in [1.82, 2.24) is 9.80 Å². The monoisotopic (exact) mass is 344 g/mol. The van der Waals surface area contributed by atoms with Crippen LogP contribution in [0.4, 0.5) is 0 Å². The Hall–Kier alpha value is -1.00. The summed E-state index contributed by atoms with van der Waals surface area (Å²) in [7, 11) is 2.21. The summed E-state index contributed by atoms with van der Waals surface area (Å²) in [5.41, 5.74) is 2.83. The number of likely N-dealkylation sites (N-methyl/N-ethyl adjacent to an activating group) is 1. The van der Waals surface area contributed by atoms with Gasteiger partial charge in [0.25, 0.3) is 0 Å². The highest BCUT2D eigenvalue weighted by Gasteiger charge is 2.30. The fourth-order valence-electron chi connectivity index (χ4n) is 3.56. The SMILES string of the molecule is CN1CCN(C2Cc3ccccc3Sc3c(Cl)cccc32)CC1. The van der Waals surface area contributed by atoms with E-state index in [-0.39, 0.29) is 0 Å². The molecule has 2 aromatic rings. The van der Waals surface area contributed by atoms with Gasteiger partial charge in [-0.05, 0) is 36.7 Å². The Morgan fingerprint density at radius 1 is 1.00 bits per heavy atom. The average molecular weight is 345 g/mol. The van der Waals surface area contributed by atoms with Crippen LogP contribution in [0.3, 0.4) is 0 Å². The van der Waals surface area contributed by atoms with Crippen molar-refractivity contribution in [3.63, 3.8) is 0 Å². The lowest BCUT2D eigenvalue weighted by Gasteiger charge is -2.38. The number of nitrogens with zero attached hydrogens (tertiary/aromatic N) is 2. The minimum Gasteiger partial charge on any atom is -0.304 e. The van der Waals surface area contributed by atoms with Crippen LogP contribution in [0.1, 0.15) is 17.2 Å². The summed E-state index contributed by atoms with van der Waals surface area (Å²) in [6.45, 7) is 4.53. The molecule has 23 heavy (non-hydrogen) atoms. The first-order valence-corrected chi connectivity index (χ1v) is 9.38. The number of rotatable bonds is 1. The molecule has 1 unspecified atom stereocenters. The topological polar surface area (TPSA) is 6.48 Å². The van der Waals surface area contributed by atoms with Crippen LogP contribution >= 0.6 is 23.4 Å². The summed E-state index contributed by atoms with van der Waals surface area (Å²) in [6, 6.07) is 15.6. The van der Waals surface area contributed by atoms with E-state index < -0.39 is 0 Å². The molecule has 2 nitrogen and oxygen atoms in total. The molecular formula is C19H21ClN2S. The van der Waals surface area contributed by atoms with Crippen LogP contribution in [0.15, 0.2) is 52.3 Å². The molecule has 4 heteroatoms. The van der Waals surface area contributed by atoms with Crippen molar-refractivity contribution in [2.75, 3.05) is 33.2 Å². The lowest BCUT2D eigenvalue weighted by Crippen LogP contribution is -2.46. The van der Waals surface area contributed by atoms with Gasteiger partial charge in [-0.15, -0.1) is 0 Å². The molecule has 0 bridgehead atoms. The third kappa shape index (κ3) is 3.03. The van der Waals surface area contributed by atoms with Crippen LogP contribution in [-0.2, 0) is 6.42 Å². The molecule has 2 heterocycles. The maximum absolute atomic E-state index is 6.56. The van der Waals surface area contributed by atoms with Crippen LogP contribution < -0.4 is 0 Å². The predicted octanol–water partition coefficient (Wildman–Crippen LogP) is 4.34. The van der Waals surface area contributed by atoms with Crippen LogP contribution in [0.5, 0.6) is 0 Å². The second-order valence-corrected chi connectivity index (χ2v) is 7.89. The van der Waals surface area contributed by atoms with Gasteiger partial charge >= 0.3 is 0 Å². The summed E-state index contributed by atoms with van der Waals surface area (Å²) < 4.78 is 0. The van der Waals surface area contributed by atoms with Gasteiger partial charge in [-0.3, -0.25) is 4.90 Å². The van der Waals surface area contributed by atoms with Gasteiger partial charge in [0.15, 0.2) is 0 Å². The third-order valence-corrected chi connectivity index (χ3v) is 6.64. The normalized spacial score (nSPS) is 22.3. The molecule has 0 N–H and O–H groups in total. The van der Waals surface area contributed by atoms with Crippen LogP contribution in [0, 0.1) is 0 Å². The van der Waals surface area contributed by atoms with Gasteiger partial charge in [0.05, 0.1) is 5.02 Å².